The zero-order valence-corrected chi connectivity index (χ0v) is 13.0. The van der Waals surface area contributed by atoms with Crippen LogP contribution < -0.4 is 5.32 Å². The van der Waals surface area contributed by atoms with Gasteiger partial charge in [0.25, 0.3) is 0 Å². The van der Waals surface area contributed by atoms with Gasteiger partial charge in [-0.05, 0) is 42.7 Å². The summed E-state index contributed by atoms with van der Waals surface area (Å²) >= 11 is 3.67. The highest BCUT2D eigenvalue weighted by Crippen LogP contribution is 2.25. The molecule has 2 aromatic carbocycles. The van der Waals surface area contributed by atoms with Gasteiger partial charge in [0, 0.05) is 17.1 Å². The third kappa shape index (κ3) is 2.59. The Morgan fingerprint density at radius 3 is 2.86 bits per heavy atom. The second kappa shape index (κ2) is 5.24. The van der Waals surface area contributed by atoms with E-state index in [-0.39, 0.29) is 0 Å². The average Bonchev–Trinajstić information content (AvgIpc) is 3.23. The Morgan fingerprint density at radius 1 is 1.19 bits per heavy atom. The molecular formula is C16H15BrN4. The van der Waals surface area contributed by atoms with Crippen LogP contribution in [0, 0.1) is 0 Å². The van der Waals surface area contributed by atoms with Crippen LogP contribution in [0.25, 0.3) is 16.7 Å². The Labute approximate surface area is 131 Å². The summed E-state index contributed by atoms with van der Waals surface area (Å²) in [5, 5.41) is 12.0. The molecule has 0 aliphatic heterocycles. The largest absolute Gasteiger partial charge is 0.310 e. The van der Waals surface area contributed by atoms with Gasteiger partial charge in [0.05, 0.1) is 11.2 Å². The number of benzene rings is 2. The van der Waals surface area contributed by atoms with Crippen molar-refractivity contribution < 1.29 is 0 Å². The summed E-state index contributed by atoms with van der Waals surface area (Å²) in [5.41, 5.74) is 4.22. The van der Waals surface area contributed by atoms with E-state index in [9.17, 15) is 0 Å². The van der Waals surface area contributed by atoms with Gasteiger partial charge in [0.15, 0.2) is 0 Å². The molecule has 1 aromatic heterocycles. The normalized spacial score (nSPS) is 14.7. The Hall–Kier alpha value is -1.72. The van der Waals surface area contributed by atoms with E-state index in [0.717, 1.165) is 33.8 Å². The van der Waals surface area contributed by atoms with Crippen LogP contribution in [0.3, 0.4) is 0 Å². The van der Waals surface area contributed by atoms with Gasteiger partial charge in [-0.1, -0.05) is 39.3 Å². The number of hydrogen-bond acceptors (Lipinski definition) is 3. The van der Waals surface area contributed by atoms with Crippen LogP contribution >= 0.6 is 15.9 Å². The van der Waals surface area contributed by atoms with E-state index in [2.05, 4.69) is 49.8 Å². The minimum absolute atomic E-state index is 0.718. The third-order valence-corrected chi connectivity index (χ3v) is 4.53. The van der Waals surface area contributed by atoms with Crippen LogP contribution in [0.1, 0.15) is 18.4 Å². The minimum Gasteiger partial charge on any atom is -0.310 e. The molecule has 5 heteroatoms. The molecule has 1 aliphatic carbocycles. The zero-order chi connectivity index (χ0) is 14.2. The molecule has 1 heterocycles. The molecular weight excluding hydrogens is 328 g/mol. The van der Waals surface area contributed by atoms with E-state index in [1.165, 1.54) is 18.4 Å². The number of halogens is 1. The summed E-state index contributed by atoms with van der Waals surface area (Å²) in [4.78, 5) is 0. The SMILES string of the molecule is Brc1cc(-n2nnc3ccccc32)ccc1CNC1CC1. The number of rotatable bonds is 4. The van der Waals surface area contributed by atoms with Gasteiger partial charge in [0.2, 0.25) is 0 Å². The fraction of sp³-hybridized carbons (Fsp3) is 0.250. The first-order chi connectivity index (χ1) is 10.3. The van der Waals surface area contributed by atoms with Gasteiger partial charge in [-0.3, -0.25) is 0 Å². The number of nitrogens with one attached hydrogen (secondary N) is 1. The number of nitrogens with zero attached hydrogens (tertiary/aromatic N) is 3. The van der Waals surface area contributed by atoms with Crippen molar-refractivity contribution in [3.63, 3.8) is 0 Å². The molecule has 1 N–H and O–H groups in total. The lowest BCUT2D eigenvalue weighted by atomic mass is 10.2. The zero-order valence-electron chi connectivity index (χ0n) is 11.5. The molecule has 3 aromatic rings. The molecule has 0 bridgehead atoms. The van der Waals surface area contributed by atoms with Gasteiger partial charge < -0.3 is 5.32 Å². The number of aromatic nitrogens is 3. The Balaban J connectivity index is 1.67. The van der Waals surface area contributed by atoms with Crippen molar-refractivity contribution in [3.8, 4) is 5.69 Å². The average molecular weight is 343 g/mol. The lowest BCUT2D eigenvalue weighted by Gasteiger charge is -2.08. The summed E-state index contributed by atoms with van der Waals surface area (Å²) in [6.07, 6.45) is 2.61. The van der Waals surface area contributed by atoms with Gasteiger partial charge >= 0.3 is 0 Å². The Morgan fingerprint density at radius 2 is 2.05 bits per heavy atom. The van der Waals surface area contributed by atoms with Crippen LogP contribution in [0.2, 0.25) is 0 Å². The maximum absolute atomic E-state index is 4.25. The van der Waals surface area contributed by atoms with Crippen LogP contribution in [0.4, 0.5) is 0 Å². The van der Waals surface area contributed by atoms with E-state index in [1.54, 1.807) is 0 Å². The summed E-state index contributed by atoms with van der Waals surface area (Å²) in [7, 11) is 0. The number of hydrogen-bond donors (Lipinski definition) is 1. The molecule has 0 amide bonds. The van der Waals surface area contributed by atoms with Crippen LogP contribution in [0.5, 0.6) is 0 Å². The van der Waals surface area contributed by atoms with Gasteiger partial charge in [-0.15, -0.1) is 5.10 Å². The molecule has 1 aliphatic rings. The molecule has 0 saturated heterocycles. The molecule has 0 spiro atoms. The van der Waals surface area contributed by atoms with Gasteiger partial charge in [-0.2, -0.15) is 0 Å². The van der Waals surface area contributed by atoms with Crippen LogP contribution in [0.15, 0.2) is 46.9 Å². The lowest BCUT2D eigenvalue weighted by molar-refractivity contribution is 0.685. The van der Waals surface area contributed by atoms with Crippen LogP contribution in [-0.4, -0.2) is 21.0 Å². The fourth-order valence-corrected chi connectivity index (χ4v) is 2.92. The number of para-hydroxylation sites is 1. The molecule has 21 heavy (non-hydrogen) atoms. The predicted molar refractivity (Wildman–Crippen MR) is 86.4 cm³/mol. The smallest absolute Gasteiger partial charge is 0.113 e. The van der Waals surface area contributed by atoms with E-state index in [1.807, 2.05) is 28.9 Å². The van der Waals surface area contributed by atoms with Crippen molar-refractivity contribution in [3.05, 3.63) is 52.5 Å². The first-order valence-corrected chi connectivity index (χ1v) is 7.93. The molecule has 4 rings (SSSR count). The second-order valence-electron chi connectivity index (χ2n) is 5.42. The molecule has 0 radical (unpaired) electrons. The summed E-state index contributed by atoms with van der Waals surface area (Å²) in [6, 6.07) is 15.0. The summed E-state index contributed by atoms with van der Waals surface area (Å²) < 4.78 is 2.98. The second-order valence-corrected chi connectivity index (χ2v) is 6.28. The lowest BCUT2D eigenvalue weighted by Crippen LogP contribution is -2.15. The van der Waals surface area contributed by atoms with Crippen molar-refractivity contribution in [2.45, 2.75) is 25.4 Å². The van der Waals surface area contributed by atoms with Gasteiger partial charge in [-0.25, -0.2) is 4.68 Å². The minimum atomic E-state index is 0.718. The summed E-state index contributed by atoms with van der Waals surface area (Å²) in [6.45, 7) is 0.906. The topological polar surface area (TPSA) is 42.7 Å². The van der Waals surface area contributed by atoms with Crippen molar-refractivity contribution in [2.75, 3.05) is 0 Å². The van der Waals surface area contributed by atoms with E-state index >= 15 is 0 Å². The third-order valence-electron chi connectivity index (χ3n) is 3.79. The maximum atomic E-state index is 4.25. The fourth-order valence-electron chi connectivity index (χ4n) is 2.41. The highest BCUT2D eigenvalue weighted by Gasteiger charge is 2.20. The van der Waals surface area contributed by atoms with E-state index < -0.39 is 0 Å². The molecule has 0 atom stereocenters. The standard InChI is InChI=1S/C16H15BrN4/c17-14-9-13(8-5-11(14)10-18-12-6-7-12)21-16-4-2-1-3-15(16)19-20-21/h1-5,8-9,12,18H,6-7,10H2. The van der Waals surface area contributed by atoms with E-state index in [0.29, 0.717) is 0 Å². The highest BCUT2D eigenvalue weighted by atomic mass is 79.9. The Kier molecular flexibility index (Phi) is 3.24. The molecule has 1 fully saturated rings. The van der Waals surface area contributed by atoms with E-state index in [4.69, 9.17) is 0 Å². The van der Waals surface area contributed by atoms with Crippen molar-refractivity contribution in [1.29, 1.82) is 0 Å². The first-order valence-electron chi connectivity index (χ1n) is 7.14. The predicted octanol–water partition coefficient (Wildman–Crippen LogP) is 3.44. The van der Waals surface area contributed by atoms with Crippen LogP contribution in [-0.2, 0) is 6.54 Å². The molecule has 106 valence electrons. The monoisotopic (exact) mass is 342 g/mol. The summed E-state index contributed by atoms with van der Waals surface area (Å²) in [5.74, 6) is 0. The Bertz CT molecular complexity index is 792. The first kappa shape index (κ1) is 13.0. The maximum Gasteiger partial charge on any atom is 0.113 e. The highest BCUT2D eigenvalue weighted by molar-refractivity contribution is 9.10. The van der Waals surface area contributed by atoms with Crippen molar-refractivity contribution in [1.82, 2.24) is 20.3 Å². The quantitative estimate of drug-likeness (QED) is 0.789. The molecule has 0 unspecified atom stereocenters. The molecule has 4 nitrogen and oxygen atoms in total. The van der Waals surface area contributed by atoms with Gasteiger partial charge in [0.1, 0.15) is 5.52 Å². The number of fused-ring (bicyclic) bond motifs is 1. The van der Waals surface area contributed by atoms with Crippen molar-refractivity contribution in [2.24, 2.45) is 0 Å². The molecule has 1 saturated carbocycles. The van der Waals surface area contributed by atoms with Crippen molar-refractivity contribution >= 4 is 27.0 Å².